The average molecular weight is 323 g/mol. The molecule has 1 atom stereocenters. The molecule has 1 amide bonds. The first-order valence-corrected chi connectivity index (χ1v) is 7.90. The first kappa shape index (κ1) is 15.1. The van der Waals surface area contributed by atoms with E-state index in [9.17, 15) is 4.79 Å². The lowest BCUT2D eigenvalue weighted by atomic mass is 10.1. The van der Waals surface area contributed by atoms with Gasteiger partial charge in [0.05, 0.1) is 18.3 Å². The highest BCUT2D eigenvalue weighted by Crippen LogP contribution is 2.23. The van der Waals surface area contributed by atoms with E-state index in [0.29, 0.717) is 18.1 Å². The molecule has 22 heavy (non-hydrogen) atoms. The first-order chi connectivity index (χ1) is 10.6. The Balaban J connectivity index is 1.59. The topological polar surface area (TPSA) is 64.2 Å². The van der Waals surface area contributed by atoms with Crippen molar-refractivity contribution in [3.63, 3.8) is 0 Å². The van der Waals surface area contributed by atoms with Crippen LogP contribution in [-0.2, 0) is 17.8 Å². The Hall–Kier alpha value is -1.82. The van der Waals surface area contributed by atoms with E-state index in [2.05, 4.69) is 10.3 Å². The molecule has 1 unspecified atom stereocenters. The van der Waals surface area contributed by atoms with Crippen molar-refractivity contribution in [1.82, 2.24) is 19.8 Å². The van der Waals surface area contributed by atoms with E-state index < -0.39 is 0 Å². The lowest BCUT2D eigenvalue weighted by Crippen LogP contribution is -2.38. The van der Waals surface area contributed by atoms with Gasteiger partial charge in [-0.25, -0.2) is 0 Å². The van der Waals surface area contributed by atoms with Gasteiger partial charge < -0.3 is 9.42 Å². The van der Waals surface area contributed by atoms with E-state index in [4.69, 9.17) is 16.1 Å². The Morgan fingerprint density at radius 1 is 1.55 bits per heavy atom. The summed E-state index contributed by atoms with van der Waals surface area (Å²) in [4.78, 5) is 14.5. The van der Waals surface area contributed by atoms with Crippen molar-refractivity contribution in [3.8, 4) is 0 Å². The summed E-state index contributed by atoms with van der Waals surface area (Å²) >= 11 is 5.95. The number of hydrogen-bond acceptors (Lipinski definition) is 4. The van der Waals surface area contributed by atoms with E-state index in [1.807, 2.05) is 28.8 Å². The van der Waals surface area contributed by atoms with Crippen LogP contribution in [0.2, 0.25) is 5.22 Å². The van der Waals surface area contributed by atoms with Crippen molar-refractivity contribution in [1.29, 1.82) is 0 Å². The van der Waals surface area contributed by atoms with Crippen LogP contribution in [0.3, 0.4) is 0 Å². The maximum Gasteiger partial charge on any atom is 0.229 e. The lowest BCUT2D eigenvalue weighted by Gasteiger charge is -2.24. The minimum Gasteiger partial charge on any atom is -0.344 e. The SMILES string of the molecule is Cc1noc(Cl)c1CCC(=O)N1CCCC1Cn1cccn1. The normalized spacial score (nSPS) is 18.1. The fourth-order valence-electron chi connectivity index (χ4n) is 2.99. The Morgan fingerprint density at radius 3 is 3.09 bits per heavy atom. The predicted molar refractivity (Wildman–Crippen MR) is 81.5 cm³/mol. The van der Waals surface area contributed by atoms with Crippen molar-refractivity contribution in [2.24, 2.45) is 0 Å². The smallest absolute Gasteiger partial charge is 0.229 e. The van der Waals surface area contributed by atoms with Gasteiger partial charge >= 0.3 is 0 Å². The highest BCUT2D eigenvalue weighted by atomic mass is 35.5. The highest BCUT2D eigenvalue weighted by Gasteiger charge is 2.29. The molecule has 6 nitrogen and oxygen atoms in total. The average Bonchev–Trinajstić information content (AvgIpc) is 3.22. The van der Waals surface area contributed by atoms with Crippen LogP contribution in [0.1, 0.15) is 30.5 Å². The van der Waals surface area contributed by atoms with E-state index in [1.54, 1.807) is 6.20 Å². The predicted octanol–water partition coefficient (Wildman–Crippen LogP) is 2.46. The molecular formula is C15H19ClN4O2. The van der Waals surface area contributed by atoms with E-state index in [0.717, 1.165) is 37.2 Å². The van der Waals surface area contributed by atoms with Gasteiger partial charge in [0.1, 0.15) is 0 Å². The third-order valence-corrected chi connectivity index (χ3v) is 4.48. The Kier molecular flexibility index (Phi) is 4.47. The highest BCUT2D eigenvalue weighted by molar-refractivity contribution is 6.29. The minimum atomic E-state index is 0.159. The number of aromatic nitrogens is 3. The number of aryl methyl sites for hydroxylation is 1. The van der Waals surface area contributed by atoms with Gasteiger partial charge in [0.2, 0.25) is 11.1 Å². The van der Waals surface area contributed by atoms with Gasteiger partial charge in [-0.1, -0.05) is 5.16 Å². The van der Waals surface area contributed by atoms with Gasteiger partial charge in [0.15, 0.2) is 0 Å². The van der Waals surface area contributed by atoms with Crippen LogP contribution in [-0.4, -0.2) is 38.3 Å². The monoisotopic (exact) mass is 322 g/mol. The van der Waals surface area contributed by atoms with Crippen LogP contribution < -0.4 is 0 Å². The molecule has 1 aliphatic rings. The molecule has 0 N–H and O–H groups in total. The summed E-state index contributed by atoms with van der Waals surface area (Å²) < 4.78 is 6.81. The second-order valence-corrected chi connectivity index (χ2v) is 5.97. The van der Waals surface area contributed by atoms with E-state index in [1.165, 1.54) is 0 Å². The van der Waals surface area contributed by atoms with Gasteiger partial charge in [-0.2, -0.15) is 5.10 Å². The molecule has 2 aromatic rings. The van der Waals surface area contributed by atoms with Crippen LogP contribution in [0.5, 0.6) is 0 Å². The standard InChI is InChI=1S/C15H19ClN4O2/c1-11-13(15(16)22-18-11)5-6-14(21)20-9-2-4-12(20)10-19-8-3-7-17-19/h3,7-8,12H,2,4-6,9-10H2,1H3. The summed E-state index contributed by atoms with van der Waals surface area (Å²) in [6.45, 7) is 3.42. The summed E-state index contributed by atoms with van der Waals surface area (Å²) in [6.07, 6.45) is 6.76. The molecule has 118 valence electrons. The molecule has 1 fully saturated rings. The third kappa shape index (κ3) is 3.16. The largest absolute Gasteiger partial charge is 0.344 e. The molecular weight excluding hydrogens is 304 g/mol. The molecule has 2 aromatic heterocycles. The molecule has 7 heteroatoms. The van der Waals surface area contributed by atoms with Gasteiger partial charge in [-0.3, -0.25) is 9.48 Å². The Labute approximate surface area is 134 Å². The molecule has 1 saturated heterocycles. The molecule has 0 saturated carbocycles. The van der Waals surface area contributed by atoms with Crippen LogP contribution in [0, 0.1) is 6.92 Å². The Morgan fingerprint density at radius 2 is 2.41 bits per heavy atom. The van der Waals surface area contributed by atoms with Gasteiger partial charge in [-0.05, 0) is 43.9 Å². The molecule has 3 rings (SSSR count). The summed E-state index contributed by atoms with van der Waals surface area (Å²) in [5.74, 6) is 0.159. The fraction of sp³-hybridized carbons (Fsp3) is 0.533. The summed E-state index contributed by atoms with van der Waals surface area (Å²) in [5.41, 5.74) is 1.59. The third-order valence-electron chi connectivity index (χ3n) is 4.18. The number of hydrogen-bond donors (Lipinski definition) is 0. The molecule has 0 aromatic carbocycles. The zero-order chi connectivity index (χ0) is 15.5. The molecule has 1 aliphatic heterocycles. The quantitative estimate of drug-likeness (QED) is 0.848. The second kappa shape index (κ2) is 6.52. The van der Waals surface area contributed by atoms with Gasteiger partial charge in [0, 0.05) is 30.9 Å². The molecule has 0 radical (unpaired) electrons. The maximum absolute atomic E-state index is 12.5. The number of carbonyl (C=O) groups excluding carboxylic acids is 1. The number of nitrogens with zero attached hydrogens (tertiary/aromatic N) is 4. The maximum atomic E-state index is 12.5. The van der Waals surface area contributed by atoms with Crippen LogP contribution in [0.15, 0.2) is 23.0 Å². The van der Waals surface area contributed by atoms with E-state index >= 15 is 0 Å². The molecule has 0 aliphatic carbocycles. The fourth-order valence-corrected chi connectivity index (χ4v) is 3.26. The Bertz CT molecular complexity index is 619. The summed E-state index contributed by atoms with van der Waals surface area (Å²) in [6, 6.07) is 2.13. The second-order valence-electron chi connectivity index (χ2n) is 5.63. The lowest BCUT2D eigenvalue weighted by molar-refractivity contribution is -0.132. The van der Waals surface area contributed by atoms with Crippen LogP contribution in [0.4, 0.5) is 0 Å². The van der Waals surface area contributed by atoms with Crippen molar-refractivity contribution < 1.29 is 9.32 Å². The van der Waals surface area contributed by atoms with Crippen molar-refractivity contribution in [2.75, 3.05) is 6.54 Å². The number of amides is 1. The molecule has 0 spiro atoms. The zero-order valence-corrected chi connectivity index (χ0v) is 13.3. The van der Waals surface area contributed by atoms with Crippen LogP contribution >= 0.6 is 11.6 Å². The van der Waals surface area contributed by atoms with Crippen molar-refractivity contribution in [2.45, 2.75) is 45.2 Å². The van der Waals surface area contributed by atoms with Crippen molar-refractivity contribution >= 4 is 17.5 Å². The number of likely N-dealkylation sites (tertiary alicyclic amines) is 1. The summed E-state index contributed by atoms with van der Waals surface area (Å²) in [7, 11) is 0. The van der Waals surface area contributed by atoms with Gasteiger partial charge in [0.25, 0.3) is 0 Å². The number of halogens is 1. The van der Waals surface area contributed by atoms with Gasteiger partial charge in [-0.15, -0.1) is 0 Å². The first-order valence-electron chi connectivity index (χ1n) is 7.52. The number of carbonyl (C=O) groups is 1. The minimum absolute atomic E-state index is 0.159. The number of rotatable bonds is 5. The van der Waals surface area contributed by atoms with Crippen molar-refractivity contribution in [3.05, 3.63) is 34.9 Å². The van der Waals surface area contributed by atoms with Crippen LogP contribution in [0.25, 0.3) is 0 Å². The molecule has 3 heterocycles. The summed E-state index contributed by atoms with van der Waals surface area (Å²) in [5, 5.41) is 8.33. The molecule has 0 bridgehead atoms. The zero-order valence-electron chi connectivity index (χ0n) is 12.5. The van der Waals surface area contributed by atoms with E-state index in [-0.39, 0.29) is 11.9 Å².